The van der Waals surface area contributed by atoms with Crippen LogP contribution in [-0.4, -0.2) is 35.4 Å². The summed E-state index contributed by atoms with van der Waals surface area (Å²) in [6.07, 6.45) is 6.83. The molecule has 0 saturated carbocycles. The smallest absolute Gasteiger partial charge is 0.260 e. The average molecular weight is 361 g/mol. The molecule has 27 heavy (non-hydrogen) atoms. The van der Waals surface area contributed by atoms with Gasteiger partial charge in [-0.25, -0.2) is 4.98 Å². The van der Waals surface area contributed by atoms with Crippen molar-refractivity contribution in [3.8, 4) is 11.3 Å². The molecule has 3 heterocycles. The second-order valence-electron chi connectivity index (χ2n) is 6.65. The number of hydrogen-bond donors (Lipinski definition) is 1. The molecule has 0 atom stereocenters. The second-order valence-corrected chi connectivity index (χ2v) is 6.65. The lowest BCUT2D eigenvalue weighted by atomic mass is 10.1. The zero-order valence-corrected chi connectivity index (χ0v) is 15.3. The molecule has 8 nitrogen and oxygen atoms in total. The summed E-state index contributed by atoms with van der Waals surface area (Å²) in [5, 5.41) is 16.2. The van der Waals surface area contributed by atoms with Crippen molar-refractivity contribution in [1.29, 1.82) is 0 Å². The van der Waals surface area contributed by atoms with Crippen LogP contribution in [0.1, 0.15) is 30.2 Å². The molecule has 0 aliphatic carbocycles. The lowest BCUT2D eigenvalue weighted by Crippen LogP contribution is -2.13. The highest BCUT2D eigenvalue weighted by Gasteiger charge is 2.12. The Kier molecular flexibility index (Phi) is 4.15. The van der Waals surface area contributed by atoms with Crippen LogP contribution in [0.3, 0.4) is 0 Å². The first-order chi connectivity index (χ1) is 13.0. The normalized spacial score (nSPS) is 11.3. The topological polar surface area (TPSA) is 90.5 Å². The van der Waals surface area contributed by atoms with Crippen molar-refractivity contribution in [2.75, 3.05) is 5.32 Å². The Bertz CT molecular complexity index is 1130. The first-order valence-corrected chi connectivity index (χ1v) is 8.61. The van der Waals surface area contributed by atoms with E-state index < -0.39 is 0 Å². The summed E-state index contributed by atoms with van der Waals surface area (Å²) < 4.78 is 3.69. The summed E-state index contributed by atoms with van der Waals surface area (Å²) in [5.74, 6) is 0.130. The van der Waals surface area contributed by atoms with Crippen LogP contribution < -0.4 is 5.32 Å². The third kappa shape index (κ3) is 3.29. The molecule has 136 valence electrons. The van der Waals surface area contributed by atoms with E-state index in [0.29, 0.717) is 11.4 Å². The first kappa shape index (κ1) is 16.9. The third-order valence-electron chi connectivity index (χ3n) is 4.33. The number of hydrogen-bond acceptors (Lipinski definition) is 5. The van der Waals surface area contributed by atoms with Gasteiger partial charge in [-0.2, -0.15) is 5.10 Å². The molecule has 3 aromatic heterocycles. The minimum absolute atomic E-state index is 0.192. The molecule has 1 N–H and O–H groups in total. The van der Waals surface area contributed by atoms with Crippen molar-refractivity contribution < 1.29 is 4.79 Å². The van der Waals surface area contributed by atoms with Gasteiger partial charge in [0.1, 0.15) is 0 Å². The Morgan fingerprint density at radius 3 is 2.70 bits per heavy atom. The molecule has 1 aromatic carbocycles. The van der Waals surface area contributed by atoms with Crippen molar-refractivity contribution in [2.45, 2.75) is 19.9 Å². The molecule has 0 aliphatic heterocycles. The summed E-state index contributed by atoms with van der Waals surface area (Å²) >= 11 is 0. The highest BCUT2D eigenvalue weighted by Crippen LogP contribution is 2.24. The van der Waals surface area contributed by atoms with Crippen molar-refractivity contribution in [1.82, 2.24) is 29.5 Å². The van der Waals surface area contributed by atoms with E-state index in [0.717, 1.165) is 22.2 Å². The van der Waals surface area contributed by atoms with E-state index in [1.165, 1.54) is 0 Å². The van der Waals surface area contributed by atoms with Gasteiger partial charge in [-0.05, 0) is 32.0 Å². The van der Waals surface area contributed by atoms with E-state index in [1.807, 2.05) is 55.9 Å². The number of nitrogens with one attached hydrogen (secondary N) is 1. The molecule has 0 fully saturated rings. The number of fused-ring (bicyclic) bond motifs is 1. The predicted molar refractivity (Wildman–Crippen MR) is 102 cm³/mol. The summed E-state index contributed by atoms with van der Waals surface area (Å²) in [5.41, 5.74) is 3.26. The van der Waals surface area contributed by atoms with E-state index in [1.54, 1.807) is 23.4 Å². The largest absolute Gasteiger partial charge is 0.334 e. The Morgan fingerprint density at radius 1 is 1.15 bits per heavy atom. The highest BCUT2D eigenvalue weighted by molar-refractivity contribution is 6.04. The standard InChI is InChI=1S/C19H19N7O/c1-12(2)26-10-15(8-21-26)19(27)22-18-7-14-6-13(4-5-16(14)23-24-18)17-9-20-11-25(17)3/h4-12H,1-3H3,(H,22,24,27). The Balaban J connectivity index is 1.62. The lowest BCUT2D eigenvalue weighted by Gasteiger charge is -2.06. The summed E-state index contributed by atoms with van der Waals surface area (Å²) in [4.78, 5) is 16.6. The van der Waals surface area contributed by atoms with E-state index >= 15 is 0 Å². The minimum atomic E-state index is -0.265. The predicted octanol–water partition coefficient (Wildman–Crippen LogP) is 3.06. The molecule has 8 heteroatoms. The summed E-state index contributed by atoms with van der Waals surface area (Å²) in [6.45, 7) is 4.01. The van der Waals surface area contributed by atoms with Gasteiger partial charge in [0.25, 0.3) is 5.91 Å². The van der Waals surface area contributed by atoms with Gasteiger partial charge >= 0.3 is 0 Å². The fourth-order valence-corrected chi connectivity index (χ4v) is 2.83. The van der Waals surface area contributed by atoms with Crippen LogP contribution in [0, 0.1) is 0 Å². The number of carbonyl (C=O) groups is 1. The second kappa shape index (κ2) is 6.64. The number of amides is 1. The SMILES string of the molecule is CC(C)n1cc(C(=O)Nc2cc3cc(-c4cncn4C)ccc3nn2)cn1. The van der Waals surface area contributed by atoms with Crippen LogP contribution in [0.15, 0.2) is 49.2 Å². The van der Waals surface area contributed by atoms with Crippen LogP contribution in [0.25, 0.3) is 22.2 Å². The van der Waals surface area contributed by atoms with Gasteiger partial charge in [-0.15, -0.1) is 10.2 Å². The van der Waals surface area contributed by atoms with Crippen LogP contribution in [0.4, 0.5) is 5.82 Å². The van der Waals surface area contributed by atoms with Crippen LogP contribution >= 0.6 is 0 Å². The molecule has 0 bridgehead atoms. The van der Waals surface area contributed by atoms with Gasteiger partial charge in [-0.3, -0.25) is 9.48 Å². The molecule has 0 saturated heterocycles. The van der Waals surface area contributed by atoms with E-state index in [-0.39, 0.29) is 11.9 Å². The monoisotopic (exact) mass is 361 g/mol. The Morgan fingerprint density at radius 2 is 2.00 bits per heavy atom. The average Bonchev–Trinajstić information content (AvgIpc) is 3.30. The lowest BCUT2D eigenvalue weighted by molar-refractivity contribution is 0.102. The van der Waals surface area contributed by atoms with Gasteiger partial charge in [0, 0.05) is 30.2 Å². The number of nitrogens with zero attached hydrogens (tertiary/aromatic N) is 6. The van der Waals surface area contributed by atoms with Gasteiger partial charge < -0.3 is 9.88 Å². The van der Waals surface area contributed by atoms with Gasteiger partial charge in [0.2, 0.25) is 0 Å². The fourth-order valence-electron chi connectivity index (χ4n) is 2.83. The molecule has 1 amide bonds. The summed E-state index contributed by atoms with van der Waals surface area (Å²) in [7, 11) is 1.94. The Hall–Kier alpha value is -3.55. The van der Waals surface area contributed by atoms with E-state index in [4.69, 9.17) is 0 Å². The molecular formula is C19H19N7O. The number of imidazole rings is 1. The van der Waals surface area contributed by atoms with Gasteiger partial charge in [0.15, 0.2) is 5.82 Å². The van der Waals surface area contributed by atoms with Crippen molar-refractivity contribution in [3.05, 3.63) is 54.7 Å². The van der Waals surface area contributed by atoms with Gasteiger partial charge in [0.05, 0.1) is 35.5 Å². The number of anilines is 1. The van der Waals surface area contributed by atoms with Crippen LogP contribution in [0.2, 0.25) is 0 Å². The quantitative estimate of drug-likeness (QED) is 0.603. The molecule has 4 aromatic rings. The Labute approximate surface area is 155 Å². The number of rotatable bonds is 4. The molecule has 0 spiro atoms. The third-order valence-corrected chi connectivity index (χ3v) is 4.33. The highest BCUT2D eigenvalue weighted by atomic mass is 16.1. The molecule has 0 radical (unpaired) electrons. The maximum atomic E-state index is 12.4. The van der Waals surface area contributed by atoms with Crippen molar-refractivity contribution in [3.63, 3.8) is 0 Å². The first-order valence-electron chi connectivity index (χ1n) is 8.61. The number of aryl methyl sites for hydroxylation is 1. The number of aromatic nitrogens is 6. The fraction of sp³-hybridized carbons (Fsp3) is 0.211. The van der Waals surface area contributed by atoms with Crippen molar-refractivity contribution >= 4 is 22.6 Å². The van der Waals surface area contributed by atoms with Gasteiger partial charge in [-0.1, -0.05) is 6.07 Å². The molecule has 0 unspecified atom stereocenters. The maximum absolute atomic E-state index is 12.4. The summed E-state index contributed by atoms with van der Waals surface area (Å²) in [6, 6.07) is 7.90. The zero-order chi connectivity index (χ0) is 19.0. The molecule has 0 aliphatic rings. The van der Waals surface area contributed by atoms with E-state index in [9.17, 15) is 4.79 Å². The molecular weight excluding hydrogens is 342 g/mol. The maximum Gasteiger partial charge on any atom is 0.260 e. The van der Waals surface area contributed by atoms with Crippen LogP contribution in [-0.2, 0) is 7.05 Å². The number of benzene rings is 1. The number of carbonyl (C=O) groups excluding carboxylic acids is 1. The van der Waals surface area contributed by atoms with Crippen LogP contribution in [0.5, 0.6) is 0 Å². The zero-order valence-electron chi connectivity index (χ0n) is 15.3. The van der Waals surface area contributed by atoms with E-state index in [2.05, 4.69) is 25.6 Å². The van der Waals surface area contributed by atoms with Crippen molar-refractivity contribution in [2.24, 2.45) is 7.05 Å². The molecule has 4 rings (SSSR count). The minimum Gasteiger partial charge on any atom is -0.334 e.